The molecule has 0 aliphatic carbocycles. The maximum Gasteiger partial charge on any atom is 0.335 e. The van der Waals surface area contributed by atoms with Gasteiger partial charge in [0, 0.05) is 17.8 Å². The monoisotopic (exact) mass is 228 g/mol. The van der Waals surface area contributed by atoms with E-state index in [9.17, 15) is 4.79 Å². The summed E-state index contributed by atoms with van der Waals surface area (Å²) in [4.78, 5) is 10.9. The van der Waals surface area contributed by atoms with Gasteiger partial charge in [0.15, 0.2) is 11.5 Å². The van der Waals surface area contributed by atoms with Gasteiger partial charge < -0.3 is 10.4 Å². The molecule has 0 amide bonds. The van der Waals surface area contributed by atoms with E-state index in [1.807, 2.05) is 6.07 Å². The molecule has 0 atom stereocenters. The number of hydrogen-bond acceptors (Lipinski definition) is 5. The first kappa shape index (κ1) is 10.8. The van der Waals surface area contributed by atoms with Gasteiger partial charge in [-0.05, 0) is 18.2 Å². The summed E-state index contributed by atoms with van der Waals surface area (Å²) in [7, 11) is 1.68. The molecule has 0 saturated carbocycles. The van der Waals surface area contributed by atoms with Crippen molar-refractivity contribution in [2.45, 2.75) is 0 Å². The maximum absolute atomic E-state index is 10.9. The van der Waals surface area contributed by atoms with Crippen LogP contribution in [0.5, 0.6) is 0 Å². The normalized spacial score (nSPS) is 9.88. The predicted octanol–water partition coefficient (Wildman–Crippen LogP) is 1.24. The van der Waals surface area contributed by atoms with Crippen LogP contribution in [0.1, 0.15) is 16.1 Å². The van der Waals surface area contributed by atoms with Crippen LogP contribution >= 0.6 is 0 Å². The summed E-state index contributed by atoms with van der Waals surface area (Å²) in [6.07, 6.45) is 0. The second-order valence-electron chi connectivity index (χ2n) is 3.32. The minimum Gasteiger partial charge on any atom is -0.478 e. The van der Waals surface area contributed by atoms with E-state index in [2.05, 4.69) is 15.5 Å². The van der Waals surface area contributed by atoms with Gasteiger partial charge in [-0.1, -0.05) is 0 Å². The van der Waals surface area contributed by atoms with E-state index in [0.717, 1.165) is 0 Å². The van der Waals surface area contributed by atoms with E-state index < -0.39 is 5.97 Å². The second-order valence-corrected chi connectivity index (χ2v) is 3.32. The van der Waals surface area contributed by atoms with E-state index in [0.29, 0.717) is 16.6 Å². The Labute approximate surface area is 96.5 Å². The summed E-state index contributed by atoms with van der Waals surface area (Å²) in [5.74, 6) is -0.533. The van der Waals surface area contributed by atoms with Crippen LogP contribution in [0.15, 0.2) is 18.2 Å². The Kier molecular flexibility index (Phi) is 2.58. The molecule has 0 radical (unpaired) electrons. The smallest absolute Gasteiger partial charge is 0.335 e. The molecule has 1 aromatic carbocycles. The molecule has 0 bridgehead atoms. The fourth-order valence-corrected chi connectivity index (χ4v) is 1.55. The van der Waals surface area contributed by atoms with E-state index in [-0.39, 0.29) is 11.3 Å². The number of fused-ring (bicyclic) bond motifs is 1. The van der Waals surface area contributed by atoms with Crippen molar-refractivity contribution in [2.75, 3.05) is 12.4 Å². The van der Waals surface area contributed by atoms with Crippen LogP contribution in [-0.2, 0) is 0 Å². The number of carbonyl (C=O) groups is 1. The van der Waals surface area contributed by atoms with E-state index in [4.69, 9.17) is 10.4 Å². The molecule has 17 heavy (non-hydrogen) atoms. The van der Waals surface area contributed by atoms with E-state index >= 15 is 0 Å². The van der Waals surface area contributed by atoms with Gasteiger partial charge in [0.1, 0.15) is 6.07 Å². The number of nitriles is 1. The minimum atomic E-state index is -1.04. The van der Waals surface area contributed by atoms with Crippen molar-refractivity contribution in [3.8, 4) is 6.07 Å². The first-order chi connectivity index (χ1) is 8.17. The Morgan fingerprint density at radius 2 is 2.18 bits per heavy atom. The molecule has 0 spiro atoms. The Morgan fingerprint density at radius 1 is 1.41 bits per heavy atom. The number of benzene rings is 1. The molecule has 2 aromatic rings. The average molecular weight is 228 g/mol. The molecule has 1 heterocycles. The number of carboxylic acids is 1. The second kappa shape index (κ2) is 4.06. The molecule has 0 fully saturated rings. The largest absolute Gasteiger partial charge is 0.478 e. The van der Waals surface area contributed by atoms with Crippen molar-refractivity contribution in [3.63, 3.8) is 0 Å². The Balaban J connectivity index is 2.83. The first-order valence-electron chi connectivity index (χ1n) is 4.79. The van der Waals surface area contributed by atoms with Crippen molar-refractivity contribution in [3.05, 3.63) is 29.5 Å². The Morgan fingerprint density at radius 3 is 2.76 bits per heavy atom. The lowest BCUT2D eigenvalue weighted by Crippen LogP contribution is -2.01. The van der Waals surface area contributed by atoms with Gasteiger partial charge in [0.25, 0.3) is 0 Å². The summed E-state index contributed by atoms with van der Waals surface area (Å²) < 4.78 is 0. The van der Waals surface area contributed by atoms with Gasteiger partial charge in [-0.15, -0.1) is 10.2 Å². The number of aromatic nitrogens is 2. The third kappa shape index (κ3) is 1.74. The van der Waals surface area contributed by atoms with Gasteiger partial charge in [0.2, 0.25) is 0 Å². The van der Waals surface area contributed by atoms with Crippen LogP contribution in [0.3, 0.4) is 0 Å². The molecular weight excluding hydrogens is 220 g/mol. The topological polar surface area (TPSA) is 98.9 Å². The summed E-state index contributed by atoms with van der Waals surface area (Å²) in [6.45, 7) is 0. The molecule has 6 heteroatoms. The molecule has 2 N–H and O–H groups in total. The molecule has 1 aromatic heterocycles. The standard InChI is InChI=1S/C11H8N4O2/c1-13-10-7-3-2-6(11(16)17)4-8(7)9(5-12)14-15-10/h2-4H,1H3,(H,13,15)(H,16,17). The lowest BCUT2D eigenvalue weighted by Gasteiger charge is -2.05. The highest BCUT2D eigenvalue weighted by Crippen LogP contribution is 2.23. The zero-order valence-electron chi connectivity index (χ0n) is 8.93. The summed E-state index contributed by atoms with van der Waals surface area (Å²) in [5.41, 5.74) is 0.228. The molecule has 6 nitrogen and oxygen atoms in total. The maximum atomic E-state index is 10.9. The van der Waals surface area contributed by atoms with Gasteiger partial charge in [-0.2, -0.15) is 5.26 Å². The van der Waals surface area contributed by atoms with Crippen molar-refractivity contribution in [1.82, 2.24) is 10.2 Å². The van der Waals surface area contributed by atoms with E-state index in [1.54, 1.807) is 13.1 Å². The highest BCUT2D eigenvalue weighted by Gasteiger charge is 2.11. The molecule has 0 aliphatic rings. The minimum absolute atomic E-state index is 0.113. The van der Waals surface area contributed by atoms with Gasteiger partial charge in [-0.3, -0.25) is 0 Å². The van der Waals surface area contributed by atoms with Crippen molar-refractivity contribution < 1.29 is 9.90 Å². The van der Waals surface area contributed by atoms with Crippen LogP contribution in [0.4, 0.5) is 5.82 Å². The van der Waals surface area contributed by atoms with Crippen LogP contribution in [-0.4, -0.2) is 28.3 Å². The number of anilines is 1. The van der Waals surface area contributed by atoms with Crippen molar-refractivity contribution in [2.24, 2.45) is 0 Å². The number of hydrogen-bond donors (Lipinski definition) is 2. The lowest BCUT2D eigenvalue weighted by molar-refractivity contribution is 0.0697. The summed E-state index contributed by atoms with van der Waals surface area (Å²) in [6, 6.07) is 6.39. The van der Waals surface area contributed by atoms with Crippen molar-refractivity contribution >= 4 is 22.6 Å². The van der Waals surface area contributed by atoms with Gasteiger partial charge in [0.05, 0.1) is 5.56 Å². The zero-order valence-corrected chi connectivity index (χ0v) is 8.93. The number of nitrogens with one attached hydrogen (secondary N) is 1. The third-order valence-electron chi connectivity index (χ3n) is 2.37. The first-order valence-corrected chi connectivity index (χ1v) is 4.79. The van der Waals surface area contributed by atoms with Crippen LogP contribution in [0.25, 0.3) is 10.8 Å². The van der Waals surface area contributed by atoms with Gasteiger partial charge in [-0.25, -0.2) is 4.79 Å². The molecule has 0 aliphatic heterocycles. The number of rotatable bonds is 2. The van der Waals surface area contributed by atoms with E-state index in [1.165, 1.54) is 12.1 Å². The summed E-state index contributed by atoms with van der Waals surface area (Å²) in [5, 5.41) is 29.4. The third-order valence-corrected chi connectivity index (χ3v) is 2.37. The number of carboxylic acid groups (broad SMARTS) is 1. The molecule has 0 saturated heterocycles. The molecule has 84 valence electrons. The van der Waals surface area contributed by atoms with Crippen LogP contribution in [0.2, 0.25) is 0 Å². The Bertz CT molecular complexity index is 646. The molecule has 0 unspecified atom stereocenters. The van der Waals surface area contributed by atoms with Crippen LogP contribution < -0.4 is 5.32 Å². The lowest BCUT2D eigenvalue weighted by atomic mass is 10.1. The van der Waals surface area contributed by atoms with Crippen molar-refractivity contribution in [1.29, 1.82) is 5.26 Å². The predicted molar refractivity (Wildman–Crippen MR) is 60.8 cm³/mol. The molecular formula is C11H8N4O2. The SMILES string of the molecule is CNc1nnc(C#N)c2cc(C(=O)O)ccc12. The number of nitrogens with zero attached hydrogens (tertiary/aromatic N) is 3. The Hall–Kier alpha value is -2.68. The quantitative estimate of drug-likeness (QED) is 0.802. The summed E-state index contributed by atoms with van der Waals surface area (Å²) >= 11 is 0. The fraction of sp³-hybridized carbons (Fsp3) is 0.0909. The van der Waals surface area contributed by atoms with Crippen LogP contribution in [0, 0.1) is 11.3 Å². The average Bonchev–Trinajstić information content (AvgIpc) is 2.36. The highest BCUT2D eigenvalue weighted by molar-refractivity contribution is 5.99. The number of aromatic carboxylic acids is 1. The zero-order chi connectivity index (χ0) is 12.4. The van der Waals surface area contributed by atoms with Gasteiger partial charge >= 0.3 is 5.97 Å². The molecule has 2 rings (SSSR count). The fourth-order valence-electron chi connectivity index (χ4n) is 1.55. The highest BCUT2D eigenvalue weighted by atomic mass is 16.4.